The molecule has 1 aromatic carbocycles. The van der Waals surface area contributed by atoms with Crippen LogP contribution in [0.3, 0.4) is 0 Å². The van der Waals surface area contributed by atoms with Gasteiger partial charge in [-0.3, -0.25) is 9.59 Å². The van der Waals surface area contributed by atoms with Crippen LogP contribution in [0.4, 0.5) is 0 Å². The standard InChI is InChI=1S/C8H8.C4H4INO2/c1-2-8-6-4-3-5-7-8;5-6-3(7)1-2-4(6)8/h2-7H,1H2;1-2H2. The Morgan fingerprint density at radius 2 is 1.62 bits per heavy atom. The summed E-state index contributed by atoms with van der Waals surface area (Å²) in [5, 5.41) is 0. The van der Waals surface area contributed by atoms with E-state index in [0.29, 0.717) is 12.8 Å². The monoisotopic (exact) mass is 329 g/mol. The van der Waals surface area contributed by atoms with Gasteiger partial charge in [0, 0.05) is 12.8 Å². The van der Waals surface area contributed by atoms with E-state index in [9.17, 15) is 9.59 Å². The quantitative estimate of drug-likeness (QED) is 0.451. The van der Waals surface area contributed by atoms with Gasteiger partial charge in [-0.1, -0.05) is 43.0 Å². The van der Waals surface area contributed by atoms with E-state index in [0.717, 1.165) is 3.11 Å². The third kappa shape index (κ3) is 3.77. The summed E-state index contributed by atoms with van der Waals surface area (Å²) in [5.74, 6) is -0.147. The Labute approximate surface area is 109 Å². The van der Waals surface area contributed by atoms with Gasteiger partial charge < -0.3 is 0 Å². The second-order valence-electron chi connectivity index (χ2n) is 3.18. The predicted octanol–water partition coefficient (Wildman–Crippen LogP) is 2.82. The molecule has 4 heteroatoms. The smallest absolute Gasteiger partial charge is 0.238 e. The molecule has 1 aromatic rings. The summed E-state index contributed by atoms with van der Waals surface area (Å²) in [6.07, 6.45) is 2.61. The van der Waals surface area contributed by atoms with E-state index in [2.05, 4.69) is 6.58 Å². The van der Waals surface area contributed by atoms with Gasteiger partial charge in [0.25, 0.3) is 0 Å². The summed E-state index contributed by atoms with van der Waals surface area (Å²) in [7, 11) is 0. The largest absolute Gasteiger partial charge is 0.274 e. The molecular weight excluding hydrogens is 317 g/mol. The molecule has 0 aliphatic carbocycles. The first-order valence-electron chi connectivity index (χ1n) is 4.84. The molecule has 0 saturated carbocycles. The summed E-state index contributed by atoms with van der Waals surface area (Å²) < 4.78 is 1.14. The maximum Gasteiger partial charge on any atom is 0.238 e. The molecule has 0 atom stereocenters. The number of amides is 2. The summed E-state index contributed by atoms with van der Waals surface area (Å²) in [5.41, 5.74) is 1.17. The summed E-state index contributed by atoms with van der Waals surface area (Å²) in [6, 6.07) is 10.0. The van der Waals surface area contributed by atoms with Crippen LogP contribution < -0.4 is 0 Å². The fourth-order valence-electron chi connectivity index (χ4n) is 1.14. The van der Waals surface area contributed by atoms with Crippen LogP contribution in [-0.2, 0) is 9.59 Å². The minimum absolute atomic E-state index is 0.0735. The van der Waals surface area contributed by atoms with Crippen molar-refractivity contribution in [3.8, 4) is 0 Å². The highest BCUT2D eigenvalue weighted by Crippen LogP contribution is 2.15. The minimum Gasteiger partial charge on any atom is -0.274 e. The highest BCUT2D eigenvalue weighted by atomic mass is 127. The molecule has 1 heterocycles. The molecule has 2 rings (SSSR count). The average Bonchev–Trinajstić information content (AvgIpc) is 2.62. The molecule has 0 unspecified atom stereocenters. The van der Waals surface area contributed by atoms with Gasteiger partial charge in [0.05, 0.1) is 22.9 Å². The van der Waals surface area contributed by atoms with Crippen LogP contribution in [0.15, 0.2) is 36.9 Å². The maximum absolute atomic E-state index is 10.5. The number of benzene rings is 1. The first-order chi connectivity index (χ1) is 7.65. The van der Waals surface area contributed by atoms with Crippen molar-refractivity contribution in [3.63, 3.8) is 0 Å². The van der Waals surface area contributed by atoms with Gasteiger partial charge >= 0.3 is 0 Å². The first-order valence-corrected chi connectivity index (χ1v) is 5.80. The van der Waals surface area contributed by atoms with Crippen LogP contribution in [0, 0.1) is 0 Å². The molecule has 0 bridgehead atoms. The number of hydrogen-bond donors (Lipinski definition) is 0. The third-order valence-corrected chi connectivity index (χ3v) is 3.10. The Bertz CT molecular complexity index is 373. The van der Waals surface area contributed by atoms with Crippen LogP contribution in [0.1, 0.15) is 18.4 Å². The molecule has 0 spiro atoms. The number of nitrogens with zero attached hydrogens (tertiary/aromatic N) is 1. The Morgan fingerprint density at radius 1 is 1.12 bits per heavy atom. The Hall–Kier alpha value is -1.17. The van der Waals surface area contributed by atoms with E-state index in [-0.39, 0.29) is 11.8 Å². The summed E-state index contributed by atoms with van der Waals surface area (Å²) in [4.78, 5) is 21.0. The van der Waals surface area contributed by atoms with Gasteiger partial charge in [-0.15, -0.1) is 0 Å². The zero-order valence-corrected chi connectivity index (χ0v) is 10.9. The van der Waals surface area contributed by atoms with Crippen LogP contribution >= 0.6 is 22.9 Å². The first kappa shape index (κ1) is 12.9. The molecule has 0 N–H and O–H groups in total. The number of hydrogen-bond acceptors (Lipinski definition) is 2. The van der Waals surface area contributed by atoms with Gasteiger partial charge in [-0.05, 0) is 5.56 Å². The van der Waals surface area contributed by atoms with E-state index in [1.807, 2.05) is 36.4 Å². The maximum atomic E-state index is 10.5. The lowest BCUT2D eigenvalue weighted by molar-refractivity contribution is -0.130. The zero-order valence-electron chi connectivity index (χ0n) is 8.73. The van der Waals surface area contributed by atoms with Crippen molar-refractivity contribution >= 4 is 40.8 Å². The van der Waals surface area contributed by atoms with Crippen molar-refractivity contribution in [2.24, 2.45) is 0 Å². The van der Waals surface area contributed by atoms with E-state index in [4.69, 9.17) is 0 Å². The van der Waals surface area contributed by atoms with Gasteiger partial charge in [-0.25, -0.2) is 3.11 Å². The number of rotatable bonds is 1. The highest BCUT2D eigenvalue weighted by Gasteiger charge is 2.26. The van der Waals surface area contributed by atoms with Crippen molar-refractivity contribution < 1.29 is 9.59 Å². The van der Waals surface area contributed by atoms with Crippen LogP contribution in [0.25, 0.3) is 6.08 Å². The Kier molecular flexibility index (Phi) is 5.18. The second kappa shape index (κ2) is 6.42. The van der Waals surface area contributed by atoms with Crippen LogP contribution in [0.2, 0.25) is 0 Å². The minimum atomic E-state index is -0.0735. The lowest BCUT2D eigenvalue weighted by Gasteiger charge is -1.97. The zero-order chi connectivity index (χ0) is 12.0. The Balaban J connectivity index is 0.000000160. The highest BCUT2D eigenvalue weighted by molar-refractivity contribution is 14.1. The van der Waals surface area contributed by atoms with Crippen molar-refractivity contribution in [2.75, 3.05) is 0 Å². The van der Waals surface area contributed by atoms with Crippen LogP contribution in [-0.4, -0.2) is 14.9 Å². The molecule has 1 saturated heterocycles. The van der Waals surface area contributed by atoms with E-state index in [1.165, 1.54) is 5.56 Å². The topological polar surface area (TPSA) is 37.4 Å². The molecule has 3 nitrogen and oxygen atoms in total. The molecular formula is C12H12INO2. The summed E-state index contributed by atoms with van der Waals surface area (Å²) in [6.45, 7) is 3.63. The molecule has 2 amide bonds. The number of carbonyl (C=O) groups excluding carboxylic acids is 2. The SMILES string of the molecule is C=Cc1ccccc1.O=C1CCC(=O)N1I. The molecule has 0 radical (unpaired) electrons. The molecule has 1 aliphatic heterocycles. The molecule has 16 heavy (non-hydrogen) atoms. The van der Waals surface area contributed by atoms with Gasteiger partial charge in [0.2, 0.25) is 11.8 Å². The van der Waals surface area contributed by atoms with Gasteiger partial charge in [0.1, 0.15) is 0 Å². The normalized spacial score (nSPS) is 14.4. The van der Waals surface area contributed by atoms with Crippen LogP contribution in [0.5, 0.6) is 0 Å². The molecule has 0 aromatic heterocycles. The van der Waals surface area contributed by atoms with Crippen molar-refractivity contribution in [1.29, 1.82) is 0 Å². The Morgan fingerprint density at radius 3 is 1.88 bits per heavy atom. The van der Waals surface area contributed by atoms with Crippen molar-refractivity contribution in [1.82, 2.24) is 3.11 Å². The van der Waals surface area contributed by atoms with E-state index in [1.54, 1.807) is 22.9 Å². The summed E-state index contributed by atoms with van der Waals surface area (Å²) >= 11 is 1.72. The lowest BCUT2D eigenvalue weighted by atomic mass is 10.2. The van der Waals surface area contributed by atoms with Crippen molar-refractivity contribution in [2.45, 2.75) is 12.8 Å². The molecule has 1 aliphatic rings. The fraction of sp³-hybridized carbons (Fsp3) is 0.167. The van der Waals surface area contributed by atoms with Crippen molar-refractivity contribution in [3.05, 3.63) is 42.5 Å². The number of carbonyl (C=O) groups is 2. The molecule has 1 fully saturated rings. The third-order valence-electron chi connectivity index (χ3n) is 2.03. The van der Waals surface area contributed by atoms with E-state index >= 15 is 0 Å². The van der Waals surface area contributed by atoms with Gasteiger partial charge in [0.15, 0.2) is 0 Å². The molecule has 84 valence electrons. The number of halogens is 1. The second-order valence-corrected chi connectivity index (χ2v) is 4.15. The van der Waals surface area contributed by atoms with E-state index < -0.39 is 0 Å². The number of imide groups is 1. The average molecular weight is 329 g/mol. The lowest BCUT2D eigenvalue weighted by Crippen LogP contribution is -2.16. The predicted molar refractivity (Wildman–Crippen MR) is 71.6 cm³/mol. The van der Waals surface area contributed by atoms with Gasteiger partial charge in [-0.2, -0.15) is 0 Å². The fourth-order valence-corrected chi connectivity index (χ4v) is 1.62.